The van der Waals surface area contributed by atoms with Gasteiger partial charge in [-0.15, -0.1) is 22.9 Å². The highest BCUT2D eigenvalue weighted by atomic mass is 35.5. The Morgan fingerprint density at radius 2 is 2.31 bits per heavy atom. The predicted molar refractivity (Wildman–Crippen MR) is 68.2 cm³/mol. The lowest BCUT2D eigenvalue weighted by Crippen LogP contribution is -2.31. The fourth-order valence-corrected chi connectivity index (χ4v) is 2.69. The molecule has 3 nitrogen and oxygen atoms in total. The van der Waals surface area contributed by atoms with Gasteiger partial charge in [0.1, 0.15) is 4.34 Å². The number of methoxy groups -OCH3 is 1. The molecule has 0 saturated carbocycles. The van der Waals surface area contributed by atoms with Crippen LogP contribution in [-0.2, 0) is 4.74 Å². The van der Waals surface area contributed by atoms with Crippen LogP contribution in [0.15, 0.2) is 6.07 Å². The summed E-state index contributed by atoms with van der Waals surface area (Å²) < 4.78 is 5.70. The second-order valence-corrected chi connectivity index (χ2v) is 5.90. The molecule has 0 bridgehead atoms. The number of carbonyl (C=O) groups excluding carboxylic acids is 1. The van der Waals surface area contributed by atoms with Gasteiger partial charge < -0.3 is 10.1 Å². The van der Waals surface area contributed by atoms with E-state index in [2.05, 4.69) is 5.32 Å². The molecule has 7 heteroatoms. The van der Waals surface area contributed by atoms with E-state index in [-0.39, 0.29) is 11.3 Å². The molecule has 16 heavy (non-hydrogen) atoms. The Balaban J connectivity index is 2.50. The fraction of sp³-hybridized carbons (Fsp3) is 0.444. The first-order valence-electron chi connectivity index (χ1n) is 4.40. The van der Waals surface area contributed by atoms with E-state index in [1.165, 1.54) is 6.07 Å². The van der Waals surface area contributed by atoms with Crippen molar-refractivity contribution < 1.29 is 9.53 Å². The molecule has 0 aliphatic carbocycles. The number of amides is 1. The minimum atomic E-state index is -0.282. The number of carbonyl (C=O) groups is 1. The number of ether oxygens (including phenoxy) is 1. The summed E-state index contributed by atoms with van der Waals surface area (Å²) in [5, 5.41) is 2.39. The first-order chi connectivity index (χ1) is 7.54. The number of rotatable bonds is 5. The summed E-state index contributed by atoms with van der Waals surface area (Å²) in [5.41, 5.74) is 0.373. The minimum Gasteiger partial charge on any atom is -0.383 e. The van der Waals surface area contributed by atoms with Gasteiger partial charge >= 0.3 is 0 Å². The normalized spacial score (nSPS) is 12.5. The summed E-state index contributed by atoms with van der Waals surface area (Å²) >= 11 is 18.6. The molecule has 0 fully saturated rings. The van der Waals surface area contributed by atoms with Gasteiger partial charge in [0.05, 0.1) is 21.9 Å². The van der Waals surface area contributed by atoms with E-state index in [1.54, 1.807) is 7.11 Å². The van der Waals surface area contributed by atoms with E-state index >= 15 is 0 Å². The van der Waals surface area contributed by atoms with E-state index in [4.69, 9.17) is 39.5 Å². The molecule has 0 aromatic carbocycles. The highest BCUT2D eigenvalue weighted by molar-refractivity contribution is 7.20. The highest BCUT2D eigenvalue weighted by Gasteiger charge is 2.15. The van der Waals surface area contributed by atoms with Gasteiger partial charge in [-0.1, -0.05) is 23.2 Å². The maximum absolute atomic E-state index is 11.6. The molecule has 0 spiro atoms. The zero-order chi connectivity index (χ0) is 12.1. The first-order valence-corrected chi connectivity index (χ1v) is 6.41. The standard InChI is InChI=1S/C9H10Cl3NO2S/c1-15-4-5(10)3-13-9(14)6-2-7(11)16-8(6)12/h2,5H,3-4H2,1H3,(H,13,14). The molecule has 1 aromatic heterocycles. The van der Waals surface area contributed by atoms with E-state index in [0.717, 1.165) is 11.3 Å². The summed E-state index contributed by atoms with van der Waals surface area (Å²) in [6, 6.07) is 1.53. The van der Waals surface area contributed by atoms with Gasteiger partial charge in [-0.2, -0.15) is 0 Å². The molecule has 0 saturated heterocycles. The van der Waals surface area contributed by atoms with E-state index in [9.17, 15) is 4.79 Å². The monoisotopic (exact) mass is 301 g/mol. The van der Waals surface area contributed by atoms with E-state index in [0.29, 0.717) is 27.4 Å². The van der Waals surface area contributed by atoms with Gasteiger partial charge in [-0.05, 0) is 6.07 Å². The summed E-state index contributed by atoms with van der Waals surface area (Å²) in [6.45, 7) is 0.692. The first kappa shape index (κ1) is 14.1. The number of hydrogen-bond donors (Lipinski definition) is 1. The van der Waals surface area contributed by atoms with Crippen molar-refractivity contribution >= 4 is 52.0 Å². The maximum atomic E-state index is 11.6. The van der Waals surface area contributed by atoms with Gasteiger partial charge in [-0.3, -0.25) is 4.79 Å². The lowest BCUT2D eigenvalue weighted by Gasteiger charge is -2.09. The lowest BCUT2D eigenvalue weighted by atomic mass is 10.3. The molecule has 1 rings (SSSR count). The van der Waals surface area contributed by atoms with Crippen LogP contribution in [0.5, 0.6) is 0 Å². The van der Waals surface area contributed by atoms with Crippen LogP contribution in [0.3, 0.4) is 0 Å². The zero-order valence-corrected chi connectivity index (χ0v) is 11.5. The molecule has 1 unspecified atom stereocenters. The van der Waals surface area contributed by atoms with Crippen molar-refractivity contribution in [2.75, 3.05) is 20.3 Å². The third kappa shape index (κ3) is 4.11. The van der Waals surface area contributed by atoms with Crippen molar-refractivity contribution in [2.24, 2.45) is 0 Å². The molecule has 1 aromatic rings. The average Bonchev–Trinajstić information content (AvgIpc) is 2.55. The molecular weight excluding hydrogens is 293 g/mol. The van der Waals surface area contributed by atoms with E-state index in [1.807, 2.05) is 0 Å². The number of halogens is 3. The summed E-state index contributed by atoms with van der Waals surface area (Å²) in [6.07, 6.45) is 0. The summed E-state index contributed by atoms with van der Waals surface area (Å²) in [4.78, 5) is 11.6. The molecular formula is C9H10Cl3NO2S. The Kier molecular flexibility index (Phi) is 5.86. The van der Waals surface area contributed by atoms with Gasteiger partial charge in [0, 0.05) is 13.7 Å². The smallest absolute Gasteiger partial charge is 0.253 e. The number of thiophene rings is 1. The van der Waals surface area contributed by atoms with Crippen molar-refractivity contribution in [3.05, 3.63) is 20.3 Å². The number of hydrogen-bond acceptors (Lipinski definition) is 3. The van der Waals surface area contributed by atoms with Crippen LogP contribution < -0.4 is 5.32 Å². The van der Waals surface area contributed by atoms with Crippen molar-refractivity contribution in [1.29, 1.82) is 0 Å². The average molecular weight is 303 g/mol. The van der Waals surface area contributed by atoms with Gasteiger partial charge in [0.25, 0.3) is 5.91 Å². The summed E-state index contributed by atoms with van der Waals surface area (Å²) in [5.74, 6) is -0.282. The Hall–Kier alpha value is -0.0000000000000000555. The molecule has 0 radical (unpaired) electrons. The maximum Gasteiger partial charge on any atom is 0.253 e. The molecule has 1 N–H and O–H groups in total. The van der Waals surface area contributed by atoms with Crippen LogP contribution in [0.25, 0.3) is 0 Å². The topological polar surface area (TPSA) is 38.3 Å². The molecule has 0 aliphatic rings. The minimum absolute atomic E-state index is 0.262. The molecule has 1 heterocycles. The van der Waals surface area contributed by atoms with Crippen molar-refractivity contribution in [2.45, 2.75) is 5.38 Å². The highest BCUT2D eigenvalue weighted by Crippen LogP contribution is 2.30. The van der Waals surface area contributed by atoms with Gasteiger partial charge in [0.2, 0.25) is 0 Å². The third-order valence-corrected chi connectivity index (χ3v) is 3.50. The van der Waals surface area contributed by atoms with Crippen LogP contribution in [-0.4, -0.2) is 31.5 Å². The van der Waals surface area contributed by atoms with Gasteiger partial charge in [0.15, 0.2) is 0 Å². The van der Waals surface area contributed by atoms with Gasteiger partial charge in [-0.25, -0.2) is 0 Å². The third-order valence-electron chi connectivity index (χ3n) is 1.73. The SMILES string of the molecule is COCC(Cl)CNC(=O)c1cc(Cl)sc1Cl. The quantitative estimate of drug-likeness (QED) is 0.849. The Morgan fingerprint density at radius 3 is 2.81 bits per heavy atom. The van der Waals surface area contributed by atoms with Crippen molar-refractivity contribution in [1.82, 2.24) is 5.32 Å². The Labute approximate surface area is 113 Å². The molecule has 90 valence electrons. The molecule has 0 aliphatic heterocycles. The van der Waals surface area contributed by atoms with Crippen LogP contribution in [0, 0.1) is 0 Å². The molecule has 1 amide bonds. The largest absolute Gasteiger partial charge is 0.383 e. The predicted octanol–water partition coefficient (Wildman–Crippen LogP) is 3.04. The van der Waals surface area contributed by atoms with Crippen molar-refractivity contribution in [3.63, 3.8) is 0 Å². The fourth-order valence-electron chi connectivity index (χ4n) is 1.03. The number of nitrogens with one attached hydrogen (secondary N) is 1. The Morgan fingerprint density at radius 1 is 1.62 bits per heavy atom. The number of alkyl halides is 1. The second kappa shape index (κ2) is 6.67. The van der Waals surface area contributed by atoms with E-state index < -0.39 is 0 Å². The van der Waals surface area contributed by atoms with Crippen LogP contribution in [0.2, 0.25) is 8.67 Å². The van der Waals surface area contributed by atoms with Crippen LogP contribution in [0.1, 0.15) is 10.4 Å². The summed E-state index contributed by atoms with van der Waals surface area (Å²) in [7, 11) is 1.55. The van der Waals surface area contributed by atoms with Crippen LogP contribution in [0.4, 0.5) is 0 Å². The Bertz CT molecular complexity index is 370. The second-order valence-electron chi connectivity index (χ2n) is 3.00. The zero-order valence-electron chi connectivity index (χ0n) is 8.43. The van der Waals surface area contributed by atoms with Crippen molar-refractivity contribution in [3.8, 4) is 0 Å². The molecule has 1 atom stereocenters. The lowest BCUT2D eigenvalue weighted by molar-refractivity contribution is 0.0950. The van der Waals surface area contributed by atoms with Crippen LogP contribution >= 0.6 is 46.1 Å².